The van der Waals surface area contributed by atoms with Crippen LogP contribution in [-0.4, -0.2) is 46.0 Å². The van der Waals surface area contributed by atoms with Crippen LogP contribution >= 0.6 is 15.9 Å². The lowest BCUT2D eigenvalue weighted by Crippen LogP contribution is -2.34. The Morgan fingerprint density at radius 3 is 2.67 bits per heavy atom. The number of aliphatic hydroxyl groups excluding tert-OH is 1. The van der Waals surface area contributed by atoms with Crippen LogP contribution in [0.5, 0.6) is 0 Å². The maximum absolute atomic E-state index is 12.0. The van der Waals surface area contributed by atoms with Crippen molar-refractivity contribution in [1.82, 2.24) is 4.90 Å². The van der Waals surface area contributed by atoms with Gasteiger partial charge >= 0.3 is 5.97 Å². The van der Waals surface area contributed by atoms with E-state index in [1.54, 1.807) is 12.1 Å². The van der Waals surface area contributed by atoms with Crippen molar-refractivity contribution < 1.29 is 24.6 Å². The first-order valence-corrected chi connectivity index (χ1v) is 6.72. The van der Waals surface area contributed by atoms with Crippen molar-refractivity contribution in [2.24, 2.45) is 0 Å². The summed E-state index contributed by atoms with van der Waals surface area (Å²) in [6.07, 6.45) is 1.07. The molecular weight excluding hydrogens is 344 g/mol. The highest BCUT2D eigenvalue weighted by molar-refractivity contribution is 9.10. The largest absolute Gasteiger partial charge is 0.478 e. The molecule has 0 unspecified atom stereocenters. The van der Waals surface area contributed by atoms with Crippen LogP contribution in [0.4, 0.5) is 5.69 Å². The average molecular weight is 355 g/mol. The number of amides is 2. The van der Waals surface area contributed by atoms with Gasteiger partial charge in [0.15, 0.2) is 0 Å². The fourth-order valence-corrected chi connectivity index (χ4v) is 2.34. The van der Waals surface area contributed by atoms with Crippen LogP contribution < -0.4 is 5.32 Å². The molecule has 1 aromatic carbocycles. The van der Waals surface area contributed by atoms with Crippen molar-refractivity contribution in [2.45, 2.75) is 0 Å². The molecule has 0 aromatic heterocycles. The summed E-state index contributed by atoms with van der Waals surface area (Å²) in [6, 6.07) is 4.54. The molecule has 1 aliphatic heterocycles. The van der Waals surface area contributed by atoms with E-state index in [1.807, 2.05) is 0 Å². The molecule has 7 nitrogen and oxygen atoms in total. The number of aromatic carboxylic acids is 1. The molecule has 2 amide bonds. The van der Waals surface area contributed by atoms with E-state index in [0.717, 1.165) is 11.0 Å². The minimum Gasteiger partial charge on any atom is -0.478 e. The standard InChI is InChI=1S/C13H11BrN2O5/c14-8-3-1-2-7(13(20)21)11(8)15-9-6-10(18)16(4-5-17)12(9)19/h1-3,6,15,17H,4-5H2,(H,20,21). The zero-order valence-electron chi connectivity index (χ0n) is 10.7. The number of rotatable bonds is 5. The number of anilines is 1. The highest BCUT2D eigenvalue weighted by Crippen LogP contribution is 2.29. The number of para-hydroxylation sites is 1. The number of hydrogen-bond donors (Lipinski definition) is 3. The SMILES string of the molecule is O=C(O)c1cccc(Br)c1NC1=CC(=O)N(CCO)C1=O. The molecule has 0 aliphatic carbocycles. The highest BCUT2D eigenvalue weighted by atomic mass is 79.9. The molecule has 0 atom stereocenters. The van der Waals surface area contributed by atoms with Crippen LogP contribution in [0.25, 0.3) is 0 Å². The topological polar surface area (TPSA) is 107 Å². The van der Waals surface area contributed by atoms with Crippen molar-refractivity contribution in [1.29, 1.82) is 0 Å². The van der Waals surface area contributed by atoms with Gasteiger partial charge in [0.25, 0.3) is 11.8 Å². The molecule has 0 saturated carbocycles. The Morgan fingerprint density at radius 2 is 2.05 bits per heavy atom. The van der Waals surface area contributed by atoms with Crippen LogP contribution in [0.3, 0.4) is 0 Å². The molecule has 2 rings (SSSR count). The molecule has 8 heteroatoms. The van der Waals surface area contributed by atoms with E-state index in [9.17, 15) is 14.4 Å². The molecule has 0 fully saturated rings. The van der Waals surface area contributed by atoms with E-state index in [1.165, 1.54) is 6.07 Å². The van der Waals surface area contributed by atoms with Crippen LogP contribution in [-0.2, 0) is 9.59 Å². The third-order valence-electron chi connectivity index (χ3n) is 2.84. The van der Waals surface area contributed by atoms with E-state index < -0.39 is 17.8 Å². The van der Waals surface area contributed by atoms with Gasteiger partial charge in [-0.25, -0.2) is 4.79 Å². The molecule has 1 aromatic rings. The number of aliphatic hydroxyl groups is 1. The molecule has 0 radical (unpaired) electrons. The van der Waals surface area contributed by atoms with Crippen molar-refractivity contribution >= 4 is 39.4 Å². The predicted molar refractivity (Wildman–Crippen MR) is 76.6 cm³/mol. The lowest BCUT2D eigenvalue weighted by atomic mass is 10.1. The Labute approximate surface area is 128 Å². The maximum Gasteiger partial charge on any atom is 0.337 e. The van der Waals surface area contributed by atoms with E-state index in [-0.39, 0.29) is 30.1 Å². The summed E-state index contributed by atoms with van der Waals surface area (Å²) in [5.74, 6) is -2.33. The van der Waals surface area contributed by atoms with Crippen LogP contribution in [0.1, 0.15) is 10.4 Å². The molecular formula is C13H11BrN2O5. The summed E-state index contributed by atoms with van der Waals surface area (Å²) >= 11 is 3.20. The first kappa shape index (κ1) is 15.2. The lowest BCUT2D eigenvalue weighted by Gasteiger charge is -2.15. The molecule has 1 aliphatic rings. The molecule has 21 heavy (non-hydrogen) atoms. The van der Waals surface area contributed by atoms with E-state index in [4.69, 9.17) is 10.2 Å². The number of imide groups is 1. The quantitative estimate of drug-likeness (QED) is 0.675. The number of nitrogens with one attached hydrogen (secondary N) is 1. The van der Waals surface area contributed by atoms with Gasteiger partial charge in [-0.05, 0) is 28.1 Å². The number of carbonyl (C=O) groups excluding carboxylic acids is 2. The van der Waals surface area contributed by atoms with Crippen molar-refractivity contribution in [3.8, 4) is 0 Å². The second-order valence-electron chi connectivity index (χ2n) is 4.17. The Morgan fingerprint density at radius 1 is 1.33 bits per heavy atom. The predicted octanol–water partition coefficient (Wildman–Crippen LogP) is 0.804. The number of nitrogens with zero attached hydrogens (tertiary/aromatic N) is 1. The van der Waals surface area contributed by atoms with Gasteiger partial charge in [0, 0.05) is 10.5 Å². The summed E-state index contributed by atoms with van der Waals surface area (Å²) in [6.45, 7) is -0.449. The summed E-state index contributed by atoms with van der Waals surface area (Å²) < 4.78 is 0.448. The monoisotopic (exact) mass is 354 g/mol. The summed E-state index contributed by atoms with van der Waals surface area (Å²) in [5, 5.41) is 20.6. The number of carbonyl (C=O) groups is 3. The zero-order chi connectivity index (χ0) is 15.6. The van der Waals surface area contributed by atoms with Gasteiger partial charge in [-0.3, -0.25) is 14.5 Å². The first-order valence-electron chi connectivity index (χ1n) is 5.93. The van der Waals surface area contributed by atoms with E-state index in [0.29, 0.717) is 4.47 Å². The highest BCUT2D eigenvalue weighted by Gasteiger charge is 2.31. The first-order chi connectivity index (χ1) is 9.95. The van der Waals surface area contributed by atoms with Gasteiger partial charge in [-0.15, -0.1) is 0 Å². The van der Waals surface area contributed by atoms with Gasteiger partial charge in [-0.2, -0.15) is 0 Å². The van der Waals surface area contributed by atoms with E-state index >= 15 is 0 Å². The molecule has 110 valence electrons. The second kappa shape index (κ2) is 6.06. The van der Waals surface area contributed by atoms with Crippen molar-refractivity contribution in [3.05, 3.63) is 40.0 Å². The minimum absolute atomic E-state index is 0.0360. The van der Waals surface area contributed by atoms with Crippen molar-refractivity contribution in [3.63, 3.8) is 0 Å². The third-order valence-corrected chi connectivity index (χ3v) is 3.50. The molecule has 0 bridgehead atoms. The normalized spacial score (nSPS) is 14.4. The third kappa shape index (κ3) is 2.96. The van der Waals surface area contributed by atoms with Gasteiger partial charge < -0.3 is 15.5 Å². The zero-order valence-corrected chi connectivity index (χ0v) is 12.3. The van der Waals surface area contributed by atoms with Crippen LogP contribution in [0, 0.1) is 0 Å². The van der Waals surface area contributed by atoms with Gasteiger partial charge in [0.05, 0.1) is 24.4 Å². The molecule has 3 N–H and O–H groups in total. The van der Waals surface area contributed by atoms with Gasteiger partial charge in [0.2, 0.25) is 0 Å². The number of β-amino-alcohol motifs (C(OH)–C–C–N with tert-alkyl or cyclic N) is 1. The number of halogens is 1. The number of carboxylic acids is 1. The molecule has 1 heterocycles. The minimum atomic E-state index is -1.16. The summed E-state index contributed by atoms with van der Waals surface area (Å²) in [7, 11) is 0. The summed E-state index contributed by atoms with van der Waals surface area (Å²) in [5.41, 5.74) is 0.109. The van der Waals surface area contributed by atoms with Gasteiger partial charge in [0.1, 0.15) is 5.70 Å². The van der Waals surface area contributed by atoms with Crippen LogP contribution in [0.2, 0.25) is 0 Å². The number of carboxylic acid groups (broad SMARTS) is 1. The lowest BCUT2D eigenvalue weighted by molar-refractivity contribution is -0.137. The Balaban J connectivity index is 2.32. The number of benzene rings is 1. The Hall–Kier alpha value is -2.19. The van der Waals surface area contributed by atoms with Crippen molar-refractivity contribution in [2.75, 3.05) is 18.5 Å². The fraction of sp³-hybridized carbons (Fsp3) is 0.154. The average Bonchev–Trinajstić information content (AvgIpc) is 2.69. The maximum atomic E-state index is 12.0. The van der Waals surface area contributed by atoms with E-state index in [2.05, 4.69) is 21.2 Å². The van der Waals surface area contributed by atoms with Crippen LogP contribution in [0.15, 0.2) is 34.4 Å². The smallest absolute Gasteiger partial charge is 0.337 e. The fourth-order valence-electron chi connectivity index (χ4n) is 1.87. The summed E-state index contributed by atoms with van der Waals surface area (Å²) in [4.78, 5) is 35.7. The molecule has 0 spiro atoms. The molecule has 0 saturated heterocycles. The Kier molecular flexibility index (Phi) is 4.39. The number of hydrogen-bond acceptors (Lipinski definition) is 5. The van der Waals surface area contributed by atoms with Gasteiger partial charge in [-0.1, -0.05) is 6.07 Å². The second-order valence-corrected chi connectivity index (χ2v) is 5.02. The Bertz CT molecular complexity index is 656.